The Morgan fingerprint density at radius 1 is 1.44 bits per heavy atom. The molecule has 0 saturated carbocycles. The molecule has 2 heterocycles. The highest BCUT2D eigenvalue weighted by atomic mass is 32.2. The molecule has 0 saturated heterocycles. The normalized spacial score (nSPS) is 15.8. The first kappa shape index (κ1) is 24.4. The number of carbonyl (C=O) groups is 1. The van der Waals surface area contributed by atoms with Crippen LogP contribution in [0.15, 0.2) is 26.6 Å². The van der Waals surface area contributed by atoms with E-state index >= 15 is 0 Å². The molecular weight excluding hydrogens is 465 g/mol. The summed E-state index contributed by atoms with van der Waals surface area (Å²) in [5.41, 5.74) is -1.11. The predicted molar refractivity (Wildman–Crippen MR) is 117 cm³/mol. The number of hydrogen-bond donors (Lipinski definition) is 3. The number of halogens is 3. The zero-order valence-corrected chi connectivity index (χ0v) is 19.3. The zero-order chi connectivity index (χ0) is 24.1. The van der Waals surface area contributed by atoms with Crippen molar-refractivity contribution in [1.29, 1.82) is 0 Å². The molecule has 0 aliphatic heterocycles. The zero-order valence-electron chi connectivity index (χ0n) is 17.7. The lowest BCUT2D eigenvalue weighted by Gasteiger charge is -2.19. The molecule has 4 N–H and O–H groups in total. The first-order valence-electron chi connectivity index (χ1n) is 9.59. The number of urea groups is 1. The van der Waals surface area contributed by atoms with E-state index in [-0.39, 0.29) is 16.8 Å². The minimum Gasteiger partial charge on any atom is -0.386 e. The fraction of sp³-hybridized carbons (Fsp3) is 0.400. The number of hydrogen-bond acceptors (Lipinski definition) is 5. The van der Waals surface area contributed by atoms with E-state index in [4.69, 9.17) is 5.14 Å². The number of aryl methyl sites for hydroxylation is 1. The number of nitrogens with two attached hydrogens (primary N) is 1. The van der Waals surface area contributed by atoms with Crippen LogP contribution < -0.4 is 10.5 Å². The minimum atomic E-state index is -4.00. The summed E-state index contributed by atoms with van der Waals surface area (Å²) in [4.78, 5) is 16.6. The molecule has 2 aromatic rings. The van der Waals surface area contributed by atoms with Crippen molar-refractivity contribution in [2.45, 2.75) is 55.8 Å². The van der Waals surface area contributed by atoms with Crippen LogP contribution in [0.2, 0.25) is 0 Å². The van der Waals surface area contributed by atoms with Gasteiger partial charge >= 0.3 is 12.0 Å². The number of rotatable bonds is 5. The van der Waals surface area contributed by atoms with Crippen molar-refractivity contribution < 1.29 is 27.3 Å². The van der Waals surface area contributed by atoms with Gasteiger partial charge < -0.3 is 10.4 Å². The van der Waals surface area contributed by atoms with Gasteiger partial charge in [-0.1, -0.05) is 6.58 Å². The van der Waals surface area contributed by atoms with Crippen molar-refractivity contribution >= 4 is 33.0 Å². The van der Waals surface area contributed by atoms with Crippen LogP contribution in [0, 0.1) is 12.7 Å². The van der Waals surface area contributed by atoms with Gasteiger partial charge in [-0.2, -0.15) is 8.78 Å². The van der Waals surface area contributed by atoms with Crippen LogP contribution >= 0.6 is 11.3 Å². The van der Waals surface area contributed by atoms with Crippen LogP contribution in [-0.2, 0) is 34.3 Å². The van der Waals surface area contributed by atoms with Crippen LogP contribution in [0.4, 0.5) is 23.7 Å². The number of thiophene rings is 1. The summed E-state index contributed by atoms with van der Waals surface area (Å²) in [6.07, 6.45) is 2.10. The smallest absolute Gasteiger partial charge is 0.354 e. The second-order valence-electron chi connectivity index (χ2n) is 7.97. The number of fused-ring (bicyclic) bond motifs is 1. The van der Waals surface area contributed by atoms with Crippen molar-refractivity contribution in [3.63, 3.8) is 0 Å². The SMILES string of the molecule is C=CC(F)(F)c1nc2c(c(NC(=O)N=S(N)(=O)c3scc(C(C)(C)O)c3F)c1C)CCC2. The van der Waals surface area contributed by atoms with Gasteiger partial charge in [0.1, 0.15) is 5.69 Å². The second kappa shape index (κ2) is 8.25. The van der Waals surface area contributed by atoms with Gasteiger partial charge in [0.05, 0.1) is 11.3 Å². The van der Waals surface area contributed by atoms with E-state index in [1.807, 2.05) is 0 Å². The van der Waals surface area contributed by atoms with E-state index in [1.165, 1.54) is 26.2 Å². The molecule has 32 heavy (non-hydrogen) atoms. The topological polar surface area (TPSA) is 118 Å². The Balaban J connectivity index is 2.03. The summed E-state index contributed by atoms with van der Waals surface area (Å²) in [7, 11) is -4.00. The minimum absolute atomic E-state index is 0.0224. The molecule has 1 atom stereocenters. The number of pyridine rings is 1. The Bertz CT molecular complexity index is 1230. The van der Waals surface area contributed by atoms with E-state index in [0.717, 1.165) is 0 Å². The van der Waals surface area contributed by atoms with Gasteiger partial charge in [0.2, 0.25) is 0 Å². The fourth-order valence-corrected chi connectivity index (χ4v) is 5.88. The monoisotopic (exact) mass is 488 g/mol. The van der Waals surface area contributed by atoms with Crippen LogP contribution in [0.1, 0.15) is 48.3 Å². The molecule has 12 heteroatoms. The number of aromatic nitrogens is 1. The molecule has 0 fully saturated rings. The molecule has 0 spiro atoms. The molecule has 7 nitrogen and oxygen atoms in total. The van der Waals surface area contributed by atoms with Crippen molar-refractivity contribution in [2.24, 2.45) is 9.50 Å². The Labute approximate surface area is 187 Å². The van der Waals surface area contributed by atoms with E-state index in [1.54, 1.807) is 0 Å². The molecular formula is C20H23F3N4O3S2. The molecule has 2 amide bonds. The quantitative estimate of drug-likeness (QED) is 0.537. The van der Waals surface area contributed by atoms with E-state index < -0.39 is 43.2 Å². The molecule has 1 unspecified atom stereocenters. The van der Waals surface area contributed by atoms with Gasteiger partial charge in [0.25, 0.3) is 0 Å². The Hall–Kier alpha value is -2.28. The van der Waals surface area contributed by atoms with Gasteiger partial charge in [0, 0.05) is 22.2 Å². The van der Waals surface area contributed by atoms with E-state index in [0.29, 0.717) is 47.9 Å². The number of carbonyl (C=O) groups excluding carboxylic acids is 1. The third kappa shape index (κ3) is 4.45. The maximum Gasteiger partial charge on any atom is 0.354 e. The maximum atomic E-state index is 14.7. The summed E-state index contributed by atoms with van der Waals surface area (Å²) in [5.74, 6) is -4.44. The number of anilines is 1. The number of alkyl halides is 2. The van der Waals surface area contributed by atoms with Crippen molar-refractivity contribution in [2.75, 3.05) is 5.32 Å². The van der Waals surface area contributed by atoms with Crippen LogP contribution in [0.3, 0.4) is 0 Å². The summed E-state index contributed by atoms with van der Waals surface area (Å²) in [5, 5.41) is 19.3. The summed E-state index contributed by atoms with van der Waals surface area (Å²) < 4.78 is 59.1. The molecule has 174 valence electrons. The van der Waals surface area contributed by atoms with Crippen molar-refractivity contribution in [3.05, 3.63) is 51.9 Å². The number of nitrogens with one attached hydrogen (secondary N) is 1. The van der Waals surface area contributed by atoms with Crippen molar-refractivity contribution in [3.8, 4) is 0 Å². The largest absolute Gasteiger partial charge is 0.386 e. The van der Waals surface area contributed by atoms with Gasteiger partial charge in [-0.05, 0) is 51.7 Å². The lowest BCUT2D eigenvalue weighted by Crippen LogP contribution is -2.22. The predicted octanol–water partition coefficient (Wildman–Crippen LogP) is 4.52. The number of aliphatic hydroxyl groups is 1. The molecule has 0 bridgehead atoms. The van der Waals surface area contributed by atoms with Gasteiger partial charge in [-0.25, -0.2) is 18.5 Å². The Morgan fingerprint density at radius 2 is 2.09 bits per heavy atom. The lowest BCUT2D eigenvalue weighted by atomic mass is 10.0. The lowest BCUT2D eigenvalue weighted by molar-refractivity contribution is 0.0467. The van der Waals surface area contributed by atoms with E-state index in [9.17, 15) is 27.3 Å². The highest BCUT2D eigenvalue weighted by Gasteiger charge is 2.35. The second-order valence-corrected chi connectivity index (χ2v) is 10.8. The summed E-state index contributed by atoms with van der Waals surface area (Å²) in [6.45, 7) is 7.20. The Morgan fingerprint density at radius 3 is 2.66 bits per heavy atom. The Kier molecular flexibility index (Phi) is 6.28. The van der Waals surface area contributed by atoms with Crippen LogP contribution in [0.5, 0.6) is 0 Å². The first-order valence-corrected chi connectivity index (χ1v) is 12.0. The average Bonchev–Trinajstić information content (AvgIpc) is 3.29. The highest BCUT2D eigenvalue weighted by Crippen LogP contribution is 2.39. The molecule has 1 aliphatic rings. The van der Waals surface area contributed by atoms with Gasteiger partial charge in [0.15, 0.2) is 19.9 Å². The van der Waals surface area contributed by atoms with E-state index in [2.05, 4.69) is 21.2 Å². The third-order valence-corrected chi connectivity index (χ3v) is 8.01. The average molecular weight is 489 g/mol. The maximum absolute atomic E-state index is 14.7. The molecule has 2 aromatic heterocycles. The van der Waals surface area contributed by atoms with Gasteiger partial charge in [-0.15, -0.1) is 15.7 Å². The van der Waals surface area contributed by atoms with Crippen LogP contribution in [0.25, 0.3) is 0 Å². The number of nitrogens with zero attached hydrogens (tertiary/aromatic N) is 2. The number of amides is 2. The van der Waals surface area contributed by atoms with Crippen LogP contribution in [-0.4, -0.2) is 20.3 Å². The first-order chi connectivity index (χ1) is 14.7. The highest BCUT2D eigenvalue weighted by molar-refractivity contribution is 7.93. The molecule has 1 aliphatic carbocycles. The third-order valence-electron chi connectivity index (χ3n) is 5.11. The van der Waals surface area contributed by atoms with Gasteiger partial charge in [-0.3, -0.25) is 4.98 Å². The molecule has 3 rings (SSSR count). The van der Waals surface area contributed by atoms with Crippen molar-refractivity contribution in [1.82, 2.24) is 4.98 Å². The number of allylic oxidation sites excluding steroid dienone is 1. The summed E-state index contributed by atoms with van der Waals surface area (Å²) in [6, 6.07) is -1.17. The molecule has 0 radical (unpaired) electrons. The molecule has 0 aromatic carbocycles. The fourth-order valence-electron chi connectivity index (χ4n) is 3.50. The standard InChI is InChI=1S/C20H23F3N4O3S2/c1-5-20(22,23)16-10(2)15(11-7-6-8-13(11)25-16)26-18(28)27-32(24,30)17-14(21)12(9-31-17)19(3,4)29/h5,9,29H,1,6-8H2,2-4H3,(H3,24,25,26,27,28,30). The summed E-state index contributed by atoms with van der Waals surface area (Å²) >= 11 is 0.661.